The third-order valence-electron chi connectivity index (χ3n) is 3.40. The summed E-state index contributed by atoms with van der Waals surface area (Å²) in [6, 6.07) is 10.1. The molecule has 0 saturated carbocycles. The van der Waals surface area contributed by atoms with Gasteiger partial charge in [0.1, 0.15) is 5.78 Å². The van der Waals surface area contributed by atoms with Gasteiger partial charge in [-0.2, -0.15) is 5.10 Å². The highest BCUT2D eigenvalue weighted by Crippen LogP contribution is 2.22. The second-order valence-electron chi connectivity index (χ2n) is 4.89. The Hall–Kier alpha value is -1.42. The van der Waals surface area contributed by atoms with Gasteiger partial charge in [-0.1, -0.05) is 37.3 Å². The minimum absolute atomic E-state index is 0.250. The molecule has 2 rings (SSSR count). The van der Waals surface area contributed by atoms with Crippen molar-refractivity contribution in [3.05, 3.63) is 51.8 Å². The number of Topliss-reactive ketones (excluding diaryl/α,β-unsaturated/α-hetero) is 1. The van der Waals surface area contributed by atoms with E-state index >= 15 is 0 Å². The number of halogens is 1. The summed E-state index contributed by atoms with van der Waals surface area (Å²) in [6.45, 7) is 2.06. The topological polar surface area (TPSA) is 34.9 Å². The molecule has 0 fully saturated rings. The number of aryl methyl sites for hydroxylation is 3. The van der Waals surface area contributed by atoms with Crippen LogP contribution in [0, 0.1) is 0 Å². The molecule has 0 N–H and O–H groups in total. The smallest absolute Gasteiger partial charge is 0.139 e. The molecule has 1 aromatic heterocycles. The Morgan fingerprint density at radius 2 is 2.00 bits per heavy atom. The first-order valence-electron chi connectivity index (χ1n) is 6.87. The number of carbonyl (C=O) groups excluding carboxylic acids is 1. The van der Waals surface area contributed by atoms with Crippen molar-refractivity contribution in [1.82, 2.24) is 9.78 Å². The van der Waals surface area contributed by atoms with E-state index in [4.69, 9.17) is 0 Å². The molecule has 0 atom stereocenters. The maximum absolute atomic E-state index is 12.1. The van der Waals surface area contributed by atoms with Crippen molar-refractivity contribution in [2.24, 2.45) is 7.05 Å². The van der Waals surface area contributed by atoms with Gasteiger partial charge in [0.25, 0.3) is 0 Å². The van der Waals surface area contributed by atoms with E-state index in [1.54, 1.807) is 0 Å². The maximum Gasteiger partial charge on any atom is 0.139 e. The fourth-order valence-corrected chi connectivity index (χ4v) is 2.97. The molecule has 0 aliphatic carbocycles. The van der Waals surface area contributed by atoms with E-state index in [0.717, 1.165) is 28.7 Å². The molecule has 20 heavy (non-hydrogen) atoms. The highest BCUT2D eigenvalue weighted by atomic mass is 79.9. The quantitative estimate of drug-likeness (QED) is 0.810. The average molecular weight is 335 g/mol. The number of carbonyl (C=O) groups is 1. The van der Waals surface area contributed by atoms with Gasteiger partial charge in [-0.25, -0.2) is 0 Å². The highest BCUT2D eigenvalue weighted by molar-refractivity contribution is 9.10. The number of aromatic nitrogens is 2. The van der Waals surface area contributed by atoms with Gasteiger partial charge in [-0.15, -0.1) is 0 Å². The standard InChI is InChI=1S/C16H19BrN2O/c1-3-14-16(17)15(19(2)18-14)11-13(20)10-9-12-7-5-4-6-8-12/h4-8H,3,9-11H2,1-2H3. The Morgan fingerprint density at radius 3 is 2.60 bits per heavy atom. The number of benzene rings is 1. The summed E-state index contributed by atoms with van der Waals surface area (Å²) in [6.07, 6.45) is 2.68. The Labute approximate surface area is 128 Å². The Morgan fingerprint density at radius 1 is 1.30 bits per heavy atom. The zero-order valence-corrected chi connectivity index (χ0v) is 13.5. The molecule has 0 aliphatic heterocycles. The molecule has 0 radical (unpaired) electrons. The number of rotatable bonds is 6. The fourth-order valence-electron chi connectivity index (χ4n) is 2.22. The first kappa shape index (κ1) is 15.0. The molecule has 0 aliphatic rings. The molecule has 0 amide bonds. The summed E-state index contributed by atoms with van der Waals surface area (Å²) in [5, 5.41) is 4.42. The zero-order chi connectivity index (χ0) is 14.5. The minimum Gasteiger partial charge on any atom is -0.299 e. The summed E-state index contributed by atoms with van der Waals surface area (Å²) in [5.74, 6) is 0.250. The van der Waals surface area contributed by atoms with Crippen molar-refractivity contribution in [2.45, 2.75) is 32.6 Å². The van der Waals surface area contributed by atoms with Crippen LogP contribution in [0.2, 0.25) is 0 Å². The van der Waals surface area contributed by atoms with Crippen LogP contribution in [0.4, 0.5) is 0 Å². The van der Waals surface area contributed by atoms with Crippen LogP contribution in [0.25, 0.3) is 0 Å². The number of ketones is 1. The largest absolute Gasteiger partial charge is 0.299 e. The van der Waals surface area contributed by atoms with E-state index in [9.17, 15) is 4.79 Å². The van der Waals surface area contributed by atoms with E-state index in [0.29, 0.717) is 12.8 Å². The van der Waals surface area contributed by atoms with Crippen molar-refractivity contribution in [1.29, 1.82) is 0 Å². The number of hydrogen-bond acceptors (Lipinski definition) is 2. The minimum atomic E-state index is 0.250. The third-order valence-corrected chi connectivity index (χ3v) is 4.32. The SMILES string of the molecule is CCc1nn(C)c(CC(=O)CCc2ccccc2)c1Br. The maximum atomic E-state index is 12.1. The lowest BCUT2D eigenvalue weighted by molar-refractivity contribution is -0.118. The van der Waals surface area contributed by atoms with Gasteiger partial charge >= 0.3 is 0 Å². The molecule has 1 heterocycles. The van der Waals surface area contributed by atoms with Crippen LogP contribution in [-0.4, -0.2) is 15.6 Å². The van der Waals surface area contributed by atoms with Gasteiger partial charge in [-0.3, -0.25) is 9.48 Å². The van der Waals surface area contributed by atoms with Gasteiger partial charge in [0, 0.05) is 19.9 Å². The van der Waals surface area contributed by atoms with Crippen LogP contribution in [0.3, 0.4) is 0 Å². The molecule has 106 valence electrons. The monoisotopic (exact) mass is 334 g/mol. The molecule has 0 spiro atoms. The van der Waals surface area contributed by atoms with E-state index < -0.39 is 0 Å². The van der Waals surface area contributed by atoms with Crippen molar-refractivity contribution in [2.75, 3.05) is 0 Å². The number of hydrogen-bond donors (Lipinski definition) is 0. The van der Waals surface area contributed by atoms with E-state index in [1.807, 2.05) is 29.9 Å². The predicted octanol–water partition coefficient (Wildman–Crippen LogP) is 3.49. The summed E-state index contributed by atoms with van der Waals surface area (Å²) in [4.78, 5) is 12.1. The second-order valence-corrected chi connectivity index (χ2v) is 5.68. The summed E-state index contributed by atoms with van der Waals surface area (Å²) >= 11 is 3.55. The molecular weight excluding hydrogens is 316 g/mol. The molecule has 4 heteroatoms. The molecule has 2 aromatic rings. The molecule has 0 saturated heterocycles. The molecule has 0 unspecified atom stereocenters. The van der Waals surface area contributed by atoms with E-state index in [2.05, 4.69) is 40.1 Å². The van der Waals surface area contributed by atoms with Crippen molar-refractivity contribution in [3.8, 4) is 0 Å². The molecule has 0 bridgehead atoms. The molecular formula is C16H19BrN2O. The Kier molecular flexibility index (Phi) is 5.12. The van der Waals surface area contributed by atoms with Crippen LogP contribution in [0.15, 0.2) is 34.8 Å². The van der Waals surface area contributed by atoms with Crippen LogP contribution in [0.1, 0.15) is 30.3 Å². The van der Waals surface area contributed by atoms with E-state index in [1.165, 1.54) is 5.56 Å². The first-order valence-corrected chi connectivity index (χ1v) is 7.67. The summed E-state index contributed by atoms with van der Waals surface area (Å²) in [7, 11) is 1.89. The van der Waals surface area contributed by atoms with Gasteiger partial charge in [0.2, 0.25) is 0 Å². The highest BCUT2D eigenvalue weighted by Gasteiger charge is 2.15. The lowest BCUT2D eigenvalue weighted by atomic mass is 10.0. The van der Waals surface area contributed by atoms with Crippen molar-refractivity contribution < 1.29 is 4.79 Å². The average Bonchev–Trinajstić information content (AvgIpc) is 2.73. The van der Waals surface area contributed by atoms with Crippen molar-refractivity contribution >= 4 is 21.7 Å². The van der Waals surface area contributed by atoms with Crippen LogP contribution in [0.5, 0.6) is 0 Å². The van der Waals surface area contributed by atoms with Gasteiger partial charge in [0.05, 0.1) is 15.9 Å². The van der Waals surface area contributed by atoms with Gasteiger partial charge < -0.3 is 0 Å². The lowest BCUT2D eigenvalue weighted by Gasteiger charge is -2.03. The van der Waals surface area contributed by atoms with E-state index in [-0.39, 0.29) is 5.78 Å². The van der Waals surface area contributed by atoms with Crippen LogP contribution < -0.4 is 0 Å². The summed E-state index contributed by atoms with van der Waals surface area (Å²) < 4.78 is 2.79. The first-order chi connectivity index (χ1) is 9.61. The Bertz CT molecular complexity index is 590. The number of nitrogens with zero attached hydrogens (tertiary/aromatic N) is 2. The normalized spacial score (nSPS) is 10.8. The zero-order valence-electron chi connectivity index (χ0n) is 11.9. The fraction of sp³-hybridized carbons (Fsp3) is 0.375. The third kappa shape index (κ3) is 3.57. The molecule has 3 nitrogen and oxygen atoms in total. The predicted molar refractivity (Wildman–Crippen MR) is 83.8 cm³/mol. The van der Waals surface area contributed by atoms with Crippen molar-refractivity contribution in [3.63, 3.8) is 0 Å². The molecule has 1 aromatic carbocycles. The lowest BCUT2D eigenvalue weighted by Crippen LogP contribution is -2.08. The second kappa shape index (κ2) is 6.84. The van der Waals surface area contributed by atoms with Crippen LogP contribution >= 0.6 is 15.9 Å². The van der Waals surface area contributed by atoms with Gasteiger partial charge in [-0.05, 0) is 34.3 Å². The summed E-state index contributed by atoms with van der Waals surface area (Å²) in [5.41, 5.74) is 3.19. The van der Waals surface area contributed by atoms with Crippen LogP contribution in [-0.2, 0) is 31.1 Å². The van der Waals surface area contributed by atoms with Gasteiger partial charge in [0.15, 0.2) is 0 Å². The Balaban J connectivity index is 1.97.